The van der Waals surface area contributed by atoms with Crippen LogP contribution in [-0.4, -0.2) is 22.9 Å². The third-order valence-corrected chi connectivity index (χ3v) is 3.72. The lowest BCUT2D eigenvalue weighted by Gasteiger charge is -2.19. The second-order valence-corrected chi connectivity index (χ2v) is 4.89. The molecule has 1 aromatic heterocycles. The molecule has 17 heavy (non-hydrogen) atoms. The van der Waals surface area contributed by atoms with Gasteiger partial charge >= 0.3 is 0 Å². The van der Waals surface area contributed by atoms with Gasteiger partial charge in [0.15, 0.2) is 5.75 Å². The molecule has 2 rings (SSSR count). The largest absolute Gasteiger partial charge is 0.493 e. The lowest BCUT2D eigenvalue weighted by molar-refractivity contribution is 0.393. The predicted molar refractivity (Wildman–Crippen MR) is 68.3 cm³/mol. The molecule has 0 saturated heterocycles. The fourth-order valence-electron chi connectivity index (χ4n) is 2.85. The fourth-order valence-corrected chi connectivity index (χ4v) is 2.85. The Balaban J connectivity index is 2.26. The highest BCUT2D eigenvalue weighted by atomic mass is 16.5. The topological polar surface area (TPSA) is 53.1 Å². The van der Waals surface area contributed by atoms with E-state index in [9.17, 15) is 0 Å². The minimum Gasteiger partial charge on any atom is -0.493 e. The lowest BCUT2D eigenvalue weighted by Crippen LogP contribution is -2.22. The number of nitrogens with zero attached hydrogens (tertiary/aromatic N) is 2. The molecule has 2 N–H and O–H groups in total. The van der Waals surface area contributed by atoms with Crippen LogP contribution in [0.25, 0.3) is 0 Å². The van der Waals surface area contributed by atoms with E-state index in [1.165, 1.54) is 25.0 Å². The Kier molecular flexibility index (Phi) is 4.05. The zero-order valence-corrected chi connectivity index (χ0v) is 10.9. The molecule has 4 heteroatoms. The molecule has 2 atom stereocenters. The van der Waals surface area contributed by atoms with Crippen molar-refractivity contribution in [1.82, 2.24) is 9.78 Å². The van der Waals surface area contributed by atoms with E-state index in [0.29, 0.717) is 12.0 Å². The fraction of sp³-hybridized carbons (Fsp3) is 0.769. The molecule has 1 aliphatic carbocycles. The Labute approximate surface area is 103 Å². The molecule has 1 heterocycles. The Hall–Kier alpha value is -1.03. The van der Waals surface area contributed by atoms with Gasteiger partial charge in [-0.2, -0.15) is 5.10 Å². The van der Waals surface area contributed by atoms with E-state index in [1.54, 1.807) is 7.11 Å². The van der Waals surface area contributed by atoms with Crippen molar-refractivity contribution >= 4 is 0 Å². The van der Waals surface area contributed by atoms with Crippen molar-refractivity contribution in [3.63, 3.8) is 0 Å². The number of aryl methyl sites for hydroxylation is 1. The van der Waals surface area contributed by atoms with Gasteiger partial charge in [0.2, 0.25) is 0 Å². The lowest BCUT2D eigenvalue weighted by atomic mass is 9.94. The quantitative estimate of drug-likeness (QED) is 0.821. The van der Waals surface area contributed by atoms with Crippen molar-refractivity contribution in [2.75, 3.05) is 7.11 Å². The van der Waals surface area contributed by atoms with Crippen LogP contribution in [0, 0.1) is 0 Å². The van der Waals surface area contributed by atoms with E-state index in [0.717, 1.165) is 25.1 Å². The van der Waals surface area contributed by atoms with Crippen LogP contribution in [-0.2, 0) is 6.54 Å². The first-order chi connectivity index (χ1) is 8.26. The van der Waals surface area contributed by atoms with Gasteiger partial charge in [0, 0.05) is 18.5 Å². The van der Waals surface area contributed by atoms with Crippen molar-refractivity contribution in [2.24, 2.45) is 5.73 Å². The van der Waals surface area contributed by atoms with E-state index in [1.807, 2.05) is 6.20 Å². The summed E-state index contributed by atoms with van der Waals surface area (Å²) in [5.74, 6) is 1.43. The summed E-state index contributed by atoms with van der Waals surface area (Å²) in [5, 5.41) is 4.39. The molecule has 2 unspecified atom stereocenters. The zero-order chi connectivity index (χ0) is 12.3. The number of nitrogens with two attached hydrogens (primary N) is 1. The standard InChI is InChI=1S/C13H23N3O/c1-3-16-13(12(17-2)9-15-16)10-6-4-5-7-11(14)8-10/h9-11H,3-8,14H2,1-2H3. The maximum absolute atomic E-state index is 6.14. The second-order valence-electron chi connectivity index (χ2n) is 4.89. The monoisotopic (exact) mass is 237 g/mol. The second kappa shape index (κ2) is 5.54. The molecule has 4 nitrogen and oxygen atoms in total. The first kappa shape index (κ1) is 12.4. The van der Waals surface area contributed by atoms with Gasteiger partial charge in [0.05, 0.1) is 19.0 Å². The smallest absolute Gasteiger partial charge is 0.160 e. The number of ether oxygens (including phenoxy) is 1. The number of hydrogen-bond donors (Lipinski definition) is 1. The van der Waals surface area contributed by atoms with Crippen LogP contribution in [0.15, 0.2) is 6.20 Å². The van der Waals surface area contributed by atoms with Crippen molar-refractivity contribution in [3.05, 3.63) is 11.9 Å². The number of hydrogen-bond acceptors (Lipinski definition) is 3. The summed E-state index contributed by atoms with van der Waals surface area (Å²) < 4.78 is 7.49. The summed E-state index contributed by atoms with van der Waals surface area (Å²) >= 11 is 0. The molecule has 1 aliphatic rings. The first-order valence-electron chi connectivity index (χ1n) is 6.61. The average Bonchev–Trinajstić information content (AvgIpc) is 2.64. The molecule has 1 saturated carbocycles. The highest BCUT2D eigenvalue weighted by Crippen LogP contribution is 2.36. The molecule has 0 bridgehead atoms. The van der Waals surface area contributed by atoms with E-state index < -0.39 is 0 Å². The van der Waals surface area contributed by atoms with Gasteiger partial charge in [-0.1, -0.05) is 12.8 Å². The molecule has 0 spiro atoms. The predicted octanol–water partition coefficient (Wildman–Crippen LogP) is 2.29. The van der Waals surface area contributed by atoms with Gasteiger partial charge in [-0.3, -0.25) is 4.68 Å². The third kappa shape index (κ3) is 2.63. The van der Waals surface area contributed by atoms with E-state index >= 15 is 0 Å². The number of aromatic nitrogens is 2. The minimum atomic E-state index is 0.326. The molecule has 1 fully saturated rings. The van der Waals surface area contributed by atoms with Gasteiger partial charge < -0.3 is 10.5 Å². The van der Waals surface area contributed by atoms with E-state index in [2.05, 4.69) is 16.7 Å². The first-order valence-corrected chi connectivity index (χ1v) is 6.61. The van der Waals surface area contributed by atoms with Gasteiger partial charge in [0.25, 0.3) is 0 Å². The van der Waals surface area contributed by atoms with Crippen LogP contribution in [0.4, 0.5) is 0 Å². The van der Waals surface area contributed by atoms with Gasteiger partial charge in [0.1, 0.15) is 0 Å². The number of rotatable bonds is 3. The third-order valence-electron chi connectivity index (χ3n) is 3.72. The molecular weight excluding hydrogens is 214 g/mol. The van der Waals surface area contributed by atoms with Crippen LogP contribution in [0.3, 0.4) is 0 Å². The number of methoxy groups -OCH3 is 1. The maximum atomic E-state index is 6.14. The Morgan fingerprint density at radius 2 is 2.24 bits per heavy atom. The molecule has 0 aliphatic heterocycles. The van der Waals surface area contributed by atoms with Gasteiger partial charge in [-0.25, -0.2) is 0 Å². The van der Waals surface area contributed by atoms with Crippen molar-refractivity contribution < 1.29 is 4.74 Å². The summed E-state index contributed by atoms with van der Waals surface area (Å²) in [7, 11) is 1.72. The van der Waals surface area contributed by atoms with Crippen molar-refractivity contribution in [3.8, 4) is 5.75 Å². The highest BCUT2D eigenvalue weighted by Gasteiger charge is 2.25. The Morgan fingerprint density at radius 1 is 1.47 bits per heavy atom. The zero-order valence-electron chi connectivity index (χ0n) is 10.9. The maximum Gasteiger partial charge on any atom is 0.160 e. The van der Waals surface area contributed by atoms with Gasteiger partial charge in [-0.05, 0) is 26.2 Å². The molecule has 0 amide bonds. The molecule has 0 aromatic carbocycles. The minimum absolute atomic E-state index is 0.326. The van der Waals surface area contributed by atoms with E-state index in [4.69, 9.17) is 10.5 Å². The van der Waals surface area contributed by atoms with Crippen LogP contribution in [0.5, 0.6) is 5.75 Å². The van der Waals surface area contributed by atoms with Crippen LogP contribution < -0.4 is 10.5 Å². The van der Waals surface area contributed by atoms with E-state index in [-0.39, 0.29) is 0 Å². The average molecular weight is 237 g/mol. The molecule has 96 valence electrons. The summed E-state index contributed by atoms with van der Waals surface area (Å²) in [6.07, 6.45) is 7.75. The molecular formula is C13H23N3O. The SMILES string of the molecule is CCn1ncc(OC)c1C1CCCCC(N)C1. The molecule has 1 aromatic rings. The normalized spacial score (nSPS) is 25.6. The Bertz CT molecular complexity index is 340. The van der Waals surface area contributed by atoms with Crippen LogP contribution in [0.2, 0.25) is 0 Å². The summed E-state index contributed by atoms with van der Waals surface area (Å²) in [6, 6.07) is 0.326. The molecule has 0 radical (unpaired) electrons. The van der Waals surface area contributed by atoms with Crippen molar-refractivity contribution in [1.29, 1.82) is 0 Å². The van der Waals surface area contributed by atoms with Crippen molar-refractivity contribution in [2.45, 2.75) is 57.5 Å². The van der Waals surface area contributed by atoms with Crippen LogP contribution in [0.1, 0.15) is 50.6 Å². The Morgan fingerprint density at radius 3 is 2.94 bits per heavy atom. The van der Waals surface area contributed by atoms with Crippen LogP contribution >= 0.6 is 0 Å². The highest BCUT2D eigenvalue weighted by molar-refractivity contribution is 5.29. The summed E-state index contributed by atoms with van der Waals surface area (Å²) in [4.78, 5) is 0. The van der Waals surface area contributed by atoms with Gasteiger partial charge in [-0.15, -0.1) is 0 Å². The summed E-state index contributed by atoms with van der Waals surface area (Å²) in [6.45, 7) is 3.01. The summed E-state index contributed by atoms with van der Waals surface area (Å²) in [5.41, 5.74) is 7.39.